The Morgan fingerprint density at radius 2 is 2.17 bits per heavy atom. The van der Waals surface area contributed by atoms with E-state index in [1.54, 1.807) is 0 Å². The van der Waals surface area contributed by atoms with E-state index < -0.39 is 0 Å². The predicted octanol–water partition coefficient (Wildman–Crippen LogP) is 5.27. The highest BCUT2D eigenvalue weighted by molar-refractivity contribution is 7.10. The van der Waals surface area contributed by atoms with Crippen molar-refractivity contribution in [3.05, 3.63) is 51.2 Å². The molecule has 1 heterocycles. The average molecular weight is 278 g/mol. The van der Waals surface area contributed by atoms with Crippen LogP contribution in [-0.4, -0.2) is 0 Å². The molecular formula is C15H16ClNS. The zero-order chi connectivity index (χ0) is 12.5. The second kappa shape index (κ2) is 4.94. The Bertz CT molecular complexity index is 531. The zero-order valence-corrected chi connectivity index (χ0v) is 11.9. The Balaban J connectivity index is 1.84. The second-order valence-electron chi connectivity index (χ2n) is 4.96. The molecule has 1 N–H and O–H groups in total. The highest BCUT2D eigenvalue weighted by atomic mass is 35.5. The number of hydrogen-bond donors (Lipinski definition) is 1. The third-order valence-corrected chi connectivity index (χ3v) is 4.65. The lowest BCUT2D eigenvalue weighted by atomic mass is 10.1. The van der Waals surface area contributed by atoms with E-state index >= 15 is 0 Å². The summed E-state index contributed by atoms with van der Waals surface area (Å²) in [4.78, 5) is 1.41. The van der Waals surface area contributed by atoms with Gasteiger partial charge in [0, 0.05) is 4.88 Å². The van der Waals surface area contributed by atoms with Gasteiger partial charge in [0.05, 0.1) is 16.8 Å². The Kier molecular flexibility index (Phi) is 3.31. The minimum atomic E-state index is 0.421. The topological polar surface area (TPSA) is 12.0 Å². The van der Waals surface area contributed by atoms with Crippen LogP contribution < -0.4 is 5.32 Å². The lowest BCUT2D eigenvalue weighted by Crippen LogP contribution is -2.11. The standard InChI is InChI=1S/C15H16ClNS/c1-10-4-7-13(12(16)9-10)17-15(11-5-6-11)14-3-2-8-18-14/h2-4,7-9,11,15,17H,5-6H2,1H3. The second-order valence-corrected chi connectivity index (χ2v) is 6.34. The summed E-state index contributed by atoms with van der Waals surface area (Å²) in [6.07, 6.45) is 2.64. The van der Waals surface area contributed by atoms with Crippen LogP contribution in [0.4, 0.5) is 5.69 Å². The maximum absolute atomic E-state index is 6.30. The summed E-state index contributed by atoms with van der Waals surface area (Å²) >= 11 is 8.12. The van der Waals surface area contributed by atoms with Gasteiger partial charge in [-0.05, 0) is 54.8 Å². The molecule has 1 aromatic carbocycles. The number of nitrogens with one attached hydrogen (secondary N) is 1. The van der Waals surface area contributed by atoms with Crippen molar-refractivity contribution >= 4 is 28.6 Å². The summed E-state index contributed by atoms with van der Waals surface area (Å²) in [6, 6.07) is 11.0. The van der Waals surface area contributed by atoms with Crippen LogP contribution in [0.3, 0.4) is 0 Å². The number of anilines is 1. The van der Waals surface area contributed by atoms with Gasteiger partial charge in [0.15, 0.2) is 0 Å². The molecule has 0 bridgehead atoms. The molecule has 94 valence electrons. The number of benzene rings is 1. The van der Waals surface area contributed by atoms with E-state index in [0.29, 0.717) is 6.04 Å². The summed E-state index contributed by atoms with van der Waals surface area (Å²) in [5, 5.41) is 6.58. The van der Waals surface area contributed by atoms with E-state index in [0.717, 1.165) is 16.6 Å². The molecule has 0 saturated heterocycles. The fourth-order valence-electron chi connectivity index (χ4n) is 2.22. The maximum atomic E-state index is 6.30. The molecule has 1 aliphatic carbocycles. The first kappa shape index (κ1) is 12.1. The number of halogens is 1. The van der Waals surface area contributed by atoms with E-state index in [1.807, 2.05) is 17.4 Å². The van der Waals surface area contributed by atoms with Crippen molar-refractivity contribution in [3.63, 3.8) is 0 Å². The molecule has 0 amide bonds. The summed E-state index contributed by atoms with van der Waals surface area (Å²) in [5.41, 5.74) is 2.25. The molecule has 0 radical (unpaired) electrons. The smallest absolute Gasteiger partial charge is 0.0640 e. The largest absolute Gasteiger partial charge is 0.376 e. The molecule has 1 aromatic heterocycles. The van der Waals surface area contributed by atoms with Crippen LogP contribution >= 0.6 is 22.9 Å². The van der Waals surface area contributed by atoms with Crippen LogP contribution in [0.1, 0.15) is 29.3 Å². The monoisotopic (exact) mass is 277 g/mol. The van der Waals surface area contributed by atoms with E-state index in [1.165, 1.54) is 23.3 Å². The first-order valence-corrected chi connectivity index (χ1v) is 7.56. The van der Waals surface area contributed by atoms with Gasteiger partial charge >= 0.3 is 0 Å². The van der Waals surface area contributed by atoms with Crippen LogP contribution in [0, 0.1) is 12.8 Å². The van der Waals surface area contributed by atoms with Gasteiger partial charge < -0.3 is 5.32 Å². The minimum absolute atomic E-state index is 0.421. The summed E-state index contributed by atoms with van der Waals surface area (Å²) < 4.78 is 0. The lowest BCUT2D eigenvalue weighted by molar-refractivity contribution is 0.691. The maximum Gasteiger partial charge on any atom is 0.0640 e. The summed E-state index contributed by atoms with van der Waals surface area (Å²) in [6.45, 7) is 2.06. The highest BCUT2D eigenvalue weighted by Crippen LogP contribution is 2.44. The minimum Gasteiger partial charge on any atom is -0.376 e. The van der Waals surface area contributed by atoms with Crippen molar-refractivity contribution < 1.29 is 0 Å². The van der Waals surface area contributed by atoms with Gasteiger partial charge in [-0.3, -0.25) is 0 Å². The molecule has 2 aromatic rings. The van der Waals surface area contributed by atoms with Crippen molar-refractivity contribution in [2.24, 2.45) is 5.92 Å². The normalized spacial score (nSPS) is 16.6. The first-order chi connectivity index (χ1) is 8.74. The molecule has 1 saturated carbocycles. The van der Waals surface area contributed by atoms with E-state index in [4.69, 9.17) is 11.6 Å². The van der Waals surface area contributed by atoms with Crippen molar-refractivity contribution in [2.75, 3.05) is 5.32 Å². The number of aryl methyl sites for hydroxylation is 1. The predicted molar refractivity (Wildman–Crippen MR) is 79.6 cm³/mol. The quantitative estimate of drug-likeness (QED) is 0.802. The van der Waals surface area contributed by atoms with Gasteiger partial charge in [-0.15, -0.1) is 11.3 Å². The zero-order valence-electron chi connectivity index (χ0n) is 10.3. The van der Waals surface area contributed by atoms with Gasteiger partial charge in [-0.25, -0.2) is 0 Å². The third kappa shape index (κ3) is 2.55. The van der Waals surface area contributed by atoms with Crippen LogP contribution in [0.15, 0.2) is 35.7 Å². The third-order valence-electron chi connectivity index (χ3n) is 3.38. The molecule has 0 spiro atoms. The van der Waals surface area contributed by atoms with Gasteiger partial charge in [-0.2, -0.15) is 0 Å². The molecule has 1 nitrogen and oxygen atoms in total. The van der Waals surface area contributed by atoms with Crippen LogP contribution in [0.25, 0.3) is 0 Å². The van der Waals surface area contributed by atoms with E-state index in [2.05, 4.69) is 41.9 Å². The molecule has 3 heteroatoms. The molecule has 0 aliphatic heterocycles. The van der Waals surface area contributed by atoms with Crippen molar-refractivity contribution in [1.29, 1.82) is 0 Å². The Labute approximate surface area is 117 Å². The van der Waals surface area contributed by atoms with Gasteiger partial charge in [0.1, 0.15) is 0 Å². The van der Waals surface area contributed by atoms with Crippen molar-refractivity contribution in [1.82, 2.24) is 0 Å². The molecule has 18 heavy (non-hydrogen) atoms. The fraction of sp³-hybridized carbons (Fsp3) is 0.333. The van der Waals surface area contributed by atoms with Crippen molar-refractivity contribution in [2.45, 2.75) is 25.8 Å². The lowest BCUT2D eigenvalue weighted by Gasteiger charge is -2.19. The number of rotatable bonds is 4. The van der Waals surface area contributed by atoms with E-state index in [9.17, 15) is 0 Å². The average Bonchev–Trinajstić information content (AvgIpc) is 3.03. The fourth-order valence-corrected chi connectivity index (χ4v) is 3.38. The van der Waals surface area contributed by atoms with E-state index in [-0.39, 0.29) is 0 Å². The SMILES string of the molecule is Cc1ccc(NC(c2cccs2)C2CC2)c(Cl)c1. The Hall–Kier alpha value is -0.990. The first-order valence-electron chi connectivity index (χ1n) is 6.30. The molecule has 3 rings (SSSR count). The summed E-state index contributed by atoms with van der Waals surface area (Å²) in [7, 11) is 0. The van der Waals surface area contributed by atoms with Crippen LogP contribution in [-0.2, 0) is 0 Å². The van der Waals surface area contributed by atoms with Crippen LogP contribution in [0.2, 0.25) is 5.02 Å². The summed E-state index contributed by atoms with van der Waals surface area (Å²) in [5.74, 6) is 0.765. The number of thiophene rings is 1. The van der Waals surface area contributed by atoms with Crippen LogP contribution in [0.5, 0.6) is 0 Å². The Morgan fingerprint density at radius 1 is 1.33 bits per heavy atom. The van der Waals surface area contributed by atoms with Gasteiger partial charge in [0.25, 0.3) is 0 Å². The molecule has 1 aliphatic rings. The molecule has 1 fully saturated rings. The molecular weight excluding hydrogens is 262 g/mol. The Morgan fingerprint density at radius 3 is 2.78 bits per heavy atom. The molecule has 1 unspecified atom stereocenters. The highest BCUT2D eigenvalue weighted by Gasteiger charge is 2.33. The molecule has 1 atom stereocenters. The number of hydrogen-bond acceptors (Lipinski definition) is 2. The van der Waals surface area contributed by atoms with Crippen molar-refractivity contribution in [3.8, 4) is 0 Å². The van der Waals surface area contributed by atoms with Gasteiger partial charge in [-0.1, -0.05) is 23.7 Å². The van der Waals surface area contributed by atoms with Gasteiger partial charge in [0.2, 0.25) is 0 Å².